The number of aromatic nitrogens is 2. The maximum absolute atomic E-state index is 5.12. The molecule has 0 N–H and O–H groups in total. The number of pyridine rings is 1. The van der Waals surface area contributed by atoms with Crippen LogP contribution >= 0.6 is 27.7 Å². The fraction of sp³-hybridized carbons (Fsp3) is 0.273. The molecule has 0 aliphatic carbocycles. The van der Waals surface area contributed by atoms with Crippen molar-refractivity contribution in [3.63, 3.8) is 0 Å². The van der Waals surface area contributed by atoms with Crippen LogP contribution in [0.15, 0.2) is 32.4 Å². The number of hydrogen-bond donors (Lipinski definition) is 0. The second-order valence-electron chi connectivity index (χ2n) is 3.38. The molecule has 5 heteroatoms. The summed E-state index contributed by atoms with van der Waals surface area (Å²) in [6, 6.07) is 3.90. The quantitative estimate of drug-likeness (QED) is 0.809. The van der Waals surface area contributed by atoms with Gasteiger partial charge in [-0.3, -0.25) is 0 Å². The number of thioether (sulfide) groups is 1. The summed E-state index contributed by atoms with van der Waals surface area (Å²) in [6.07, 6.45) is 1.79. The van der Waals surface area contributed by atoms with Crippen LogP contribution in [-0.2, 0) is 5.75 Å². The maximum atomic E-state index is 5.12. The Morgan fingerprint density at radius 2 is 2.25 bits per heavy atom. The molecule has 0 spiro atoms. The molecule has 0 fully saturated rings. The predicted octanol–water partition coefficient (Wildman–Crippen LogP) is 3.74. The molecule has 2 heterocycles. The molecule has 0 bridgehead atoms. The lowest BCUT2D eigenvalue weighted by Crippen LogP contribution is -1.87. The molecule has 2 rings (SSSR count). The van der Waals surface area contributed by atoms with E-state index in [4.69, 9.17) is 4.52 Å². The Bertz CT molecular complexity index is 479. The molecule has 16 heavy (non-hydrogen) atoms. The van der Waals surface area contributed by atoms with Crippen molar-refractivity contribution in [2.75, 3.05) is 0 Å². The van der Waals surface area contributed by atoms with Crippen LogP contribution in [0.5, 0.6) is 0 Å². The summed E-state index contributed by atoms with van der Waals surface area (Å²) in [5.41, 5.74) is 2.11. The van der Waals surface area contributed by atoms with E-state index in [1.807, 2.05) is 26.0 Å². The third-order valence-electron chi connectivity index (χ3n) is 2.26. The van der Waals surface area contributed by atoms with Crippen LogP contribution in [0.3, 0.4) is 0 Å². The van der Waals surface area contributed by atoms with Gasteiger partial charge in [-0.2, -0.15) is 0 Å². The normalized spacial score (nSPS) is 10.7. The summed E-state index contributed by atoms with van der Waals surface area (Å²) in [5.74, 6) is 1.72. The van der Waals surface area contributed by atoms with Crippen molar-refractivity contribution >= 4 is 27.7 Å². The highest BCUT2D eigenvalue weighted by Gasteiger charge is 2.10. The Hall–Kier alpha value is -0.810. The van der Waals surface area contributed by atoms with Crippen molar-refractivity contribution in [3.05, 3.63) is 39.8 Å². The Morgan fingerprint density at radius 3 is 2.88 bits per heavy atom. The number of nitrogens with zero attached hydrogens (tertiary/aromatic N) is 2. The minimum absolute atomic E-state index is 0.830. The van der Waals surface area contributed by atoms with E-state index in [-0.39, 0.29) is 0 Å². The molecule has 0 saturated carbocycles. The van der Waals surface area contributed by atoms with Crippen molar-refractivity contribution < 1.29 is 4.52 Å². The summed E-state index contributed by atoms with van der Waals surface area (Å²) in [7, 11) is 0. The number of halogens is 1. The van der Waals surface area contributed by atoms with E-state index in [1.165, 1.54) is 0 Å². The molecule has 0 amide bonds. The van der Waals surface area contributed by atoms with Gasteiger partial charge in [0, 0.05) is 22.0 Å². The van der Waals surface area contributed by atoms with Crippen LogP contribution in [0.25, 0.3) is 0 Å². The zero-order chi connectivity index (χ0) is 11.5. The first-order chi connectivity index (χ1) is 7.68. The number of aryl methyl sites for hydroxylation is 2. The van der Waals surface area contributed by atoms with Crippen LogP contribution in [0.2, 0.25) is 0 Å². The molecule has 3 nitrogen and oxygen atoms in total. The van der Waals surface area contributed by atoms with Crippen molar-refractivity contribution in [2.45, 2.75) is 24.6 Å². The van der Waals surface area contributed by atoms with Crippen LogP contribution in [0, 0.1) is 13.8 Å². The highest BCUT2D eigenvalue weighted by molar-refractivity contribution is 9.10. The zero-order valence-electron chi connectivity index (χ0n) is 9.03. The summed E-state index contributed by atoms with van der Waals surface area (Å²) in [5, 5.41) is 4.92. The third kappa shape index (κ3) is 2.47. The molecular formula is C11H11BrN2OS. The van der Waals surface area contributed by atoms with E-state index >= 15 is 0 Å². The van der Waals surface area contributed by atoms with Crippen molar-refractivity contribution in [3.8, 4) is 0 Å². The van der Waals surface area contributed by atoms with Gasteiger partial charge in [-0.15, -0.1) is 11.8 Å². The van der Waals surface area contributed by atoms with Crippen LogP contribution in [0.4, 0.5) is 0 Å². The third-order valence-corrected chi connectivity index (χ3v) is 4.19. The summed E-state index contributed by atoms with van der Waals surface area (Å²) >= 11 is 5.15. The number of rotatable bonds is 3. The lowest BCUT2D eigenvalue weighted by atomic mass is 10.2. The topological polar surface area (TPSA) is 38.9 Å². The molecule has 2 aromatic heterocycles. The Balaban J connectivity index is 2.11. The molecule has 0 radical (unpaired) electrons. The van der Waals surface area contributed by atoms with Crippen LogP contribution in [-0.4, -0.2) is 10.1 Å². The minimum Gasteiger partial charge on any atom is -0.361 e. The van der Waals surface area contributed by atoms with Gasteiger partial charge in [0.05, 0.1) is 5.69 Å². The van der Waals surface area contributed by atoms with Gasteiger partial charge in [-0.25, -0.2) is 4.98 Å². The monoisotopic (exact) mass is 298 g/mol. The lowest BCUT2D eigenvalue weighted by Gasteiger charge is -2.02. The minimum atomic E-state index is 0.830. The van der Waals surface area contributed by atoms with Crippen LogP contribution in [0.1, 0.15) is 17.0 Å². The summed E-state index contributed by atoms with van der Waals surface area (Å²) in [4.78, 5) is 4.30. The highest BCUT2D eigenvalue weighted by atomic mass is 79.9. The van der Waals surface area contributed by atoms with Gasteiger partial charge in [0.1, 0.15) is 10.8 Å². The molecule has 84 valence electrons. The number of hydrogen-bond acceptors (Lipinski definition) is 4. The van der Waals surface area contributed by atoms with Gasteiger partial charge < -0.3 is 4.52 Å². The first-order valence-electron chi connectivity index (χ1n) is 4.83. The SMILES string of the molecule is Cc1noc(C)c1CSc1ncccc1Br. The average Bonchev–Trinajstić information content (AvgIpc) is 2.58. The van der Waals surface area contributed by atoms with E-state index in [9.17, 15) is 0 Å². The first kappa shape index (κ1) is 11.7. The largest absolute Gasteiger partial charge is 0.361 e. The second kappa shape index (κ2) is 5.01. The molecule has 2 aromatic rings. The predicted molar refractivity (Wildman–Crippen MR) is 67.5 cm³/mol. The van der Waals surface area contributed by atoms with Crippen molar-refractivity contribution in [1.82, 2.24) is 10.1 Å². The average molecular weight is 299 g/mol. The summed E-state index contributed by atoms with van der Waals surface area (Å²) in [6.45, 7) is 3.89. The second-order valence-corrected chi connectivity index (χ2v) is 5.20. The fourth-order valence-electron chi connectivity index (χ4n) is 1.33. The van der Waals surface area contributed by atoms with Gasteiger partial charge in [0.15, 0.2) is 0 Å². The highest BCUT2D eigenvalue weighted by Crippen LogP contribution is 2.29. The zero-order valence-corrected chi connectivity index (χ0v) is 11.4. The smallest absolute Gasteiger partial charge is 0.137 e. The Labute approximate surface area is 107 Å². The Morgan fingerprint density at radius 1 is 1.44 bits per heavy atom. The van der Waals surface area contributed by atoms with E-state index in [1.54, 1.807) is 18.0 Å². The van der Waals surface area contributed by atoms with Gasteiger partial charge in [-0.1, -0.05) is 5.16 Å². The van der Waals surface area contributed by atoms with E-state index in [0.29, 0.717) is 0 Å². The van der Waals surface area contributed by atoms with E-state index in [2.05, 4.69) is 26.1 Å². The molecule has 0 unspecified atom stereocenters. The molecule has 0 aliphatic rings. The molecule has 0 aliphatic heterocycles. The fourth-order valence-corrected chi connectivity index (χ4v) is 2.96. The van der Waals surface area contributed by atoms with Crippen molar-refractivity contribution in [2.24, 2.45) is 0 Å². The van der Waals surface area contributed by atoms with E-state index in [0.717, 1.165) is 32.3 Å². The molecule has 0 atom stereocenters. The van der Waals surface area contributed by atoms with Crippen LogP contribution < -0.4 is 0 Å². The molecule has 0 aromatic carbocycles. The van der Waals surface area contributed by atoms with Gasteiger partial charge >= 0.3 is 0 Å². The molecule has 0 saturated heterocycles. The first-order valence-corrected chi connectivity index (χ1v) is 6.61. The lowest BCUT2D eigenvalue weighted by molar-refractivity contribution is 0.392. The van der Waals surface area contributed by atoms with Gasteiger partial charge in [-0.05, 0) is 41.9 Å². The standard InChI is InChI=1S/C11H11BrN2OS/c1-7-9(8(2)15-14-7)6-16-11-10(12)4-3-5-13-11/h3-5H,6H2,1-2H3. The summed E-state index contributed by atoms with van der Waals surface area (Å²) < 4.78 is 6.14. The van der Waals surface area contributed by atoms with Gasteiger partial charge in [0.2, 0.25) is 0 Å². The molecular weight excluding hydrogens is 288 g/mol. The van der Waals surface area contributed by atoms with Crippen molar-refractivity contribution in [1.29, 1.82) is 0 Å². The van der Waals surface area contributed by atoms with E-state index < -0.39 is 0 Å². The Kier molecular flexibility index (Phi) is 3.66. The maximum Gasteiger partial charge on any atom is 0.137 e. The van der Waals surface area contributed by atoms with Gasteiger partial charge in [0.25, 0.3) is 0 Å².